The van der Waals surface area contributed by atoms with E-state index in [2.05, 4.69) is 15.0 Å². The van der Waals surface area contributed by atoms with Crippen molar-refractivity contribution in [3.63, 3.8) is 0 Å². The van der Waals surface area contributed by atoms with E-state index in [0.29, 0.717) is 5.56 Å². The van der Waals surface area contributed by atoms with Gasteiger partial charge in [-0.05, 0) is 24.1 Å². The van der Waals surface area contributed by atoms with E-state index in [0.717, 1.165) is 0 Å². The SMILES string of the molecule is Nc1ncnc2c1ncn2[C@@H]1O[C@@H](COS(=O)(=O)NC(=O)[C@@H](N)Cc2ccc(O)cc2)[C@H](O)[C@H]1O. The predicted octanol–water partition coefficient (Wildman–Crippen LogP) is -2.32. The van der Waals surface area contributed by atoms with Gasteiger partial charge in [0.1, 0.15) is 35.9 Å². The van der Waals surface area contributed by atoms with Gasteiger partial charge in [-0.2, -0.15) is 8.42 Å². The van der Waals surface area contributed by atoms with Crippen LogP contribution in [0.4, 0.5) is 5.82 Å². The van der Waals surface area contributed by atoms with E-state index in [1.165, 1.54) is 41.5 Å². The largest absolute Gasteiger partial charge is 0.508 e. The quantitative estimate of drug-likeness (QED) is 0.187. The maximum absolute atomic E-state index is 12.2. The third-order valence-electron chi connectivity index (χ3n) is 5.34. The van der Waals surface area contributed by atoms with Crippen LogP contribution >= 0.6 is 0 Å². The van der Waals surface area contributed by atoms with Crippen LogP contribution in [0.2, 0.25) is 0 Å². The molecule has 0 spiro atoms. The fraction of sp³-hybridized carbons (Fsp3) is 0.368. The van der Waals surface area contributed by atoms with E-state index in [1.807, 2.05) is 0 Å². The zero-order valence-electron chi connectivity index (χ0n) is 18.0. The molecule has 1 aliphatic rings. The van der Waals surface area contributed by atoms with E-state index in [9.17, 15) is 28.5 Å². The van der Waals surface area contributed by atoms with Gasteiger partial charge in [-0.15, -0.1) is 0 Å². The summed E-state index contributed by atoms with van der Waals surface area (Å²) >= 11 is 0. The molecule has 0 aliphatic carbocycles. The number of amides is 1. The summed E-state index contributed by atoms with van der Waals surface area (Å²) in [5, 5.41) is 30.1. The van der Waals surface area contributed by atoms with Crippen molar-refractivity contribution >= 4 is 33.2 Å². The maximum Gasteiger partial charge on any atom is 0.362 e. The van der Waals surface area contributed by atoms with Crippen LogP contribution in [0.5, 0.6) is 5.75 Å². The number of benzene rings is 1. The molecule has 2 aromatic heterocycles. The number of aliphatic hydroxyl groups is 2. The molecule has 1 amide bonds. The van der Waals surface area contributed by atoms with E-state index in [-0.39, 0.29) is 29.2 Å². The first-order valence-corrected chi connectivity index (χ1v) is 11.7. The van der Waals surface area contributed by atoms with Gasteiger partial charge in [0.25, 0.3) is 5.91 Å². The Morgan fingerprint density at radius 1 is 1.20 bits per heavy atom. The summed E-state index contributed by atoms with van der Waals surface area (Å²) in [6.07, 6.45) is -2.97. The highest BCUT2D eigenvalue weighted by Crippen LogP contribution is 2.32. The molecule has 0 saturated carbocycles. The molecule has 0 unspecified atom stereocenters. The number of fused-ring (bicyclic) bond motifs is 1. The first-order valence-electron chi connectivity index (χ1n) is 10.2. The maximum atomic E-state index is 12.2. The number of imidazole rings is 1. The third-order valence-corrected chi connectivity index (χ3v) is 6.24. The fourth-order valence-electron chi connectivity index (χ4n) is 3.52. The molecular formula is C19H23N7O8S. The number of nitrogens with one attached hydrogen (secondary N) is 1. The van der Waals surface area contributed by atoms with Crippen molar-refractivity contribution < 1.29 is 37.5 Å². The highest BCUT2D eigenvalue weighted by atomic mass is 32.2. The minimum absolute atomic E-state index is 0.00683. The van der Waals surface area contributed by atoms with Crippen molar-refractivity contribution in [2.24, 2.45) is 5.73 Å². The Hall–Kier alpha value is -3.41. The van der Waals surface area contributed by atoms with E-state index < -0.39 is 53.4 Å². The number of rotatable bonds is 8. The van der Waals surface area contributed by atoms with Crippen molar-refractivity contribution in [2.75, 3.05) is 12.3 Å². The van der Waals surface area contributed by atoms with E-state index in [1.54, 1.807) is 4.72 Å². The van der Waals surface area contributed by atoms with Crippen molar-refractivity contribution in [1.29, 1.82) is 0 Å². The Balaban J connectivity index is 1.36. The van der Waals surface area contributed by atoms with Crippen molar-refractivity contribution in [1.82, 2.24) is 24.2 Å². The molecule has 1 aromatic carbocycles. The van der Waals surface area contributed by atoms with Gasteiger partial charge in [-0.3, -0.25) is 13.5 Å². The summed E-state index contributed by atoms with van der Waals surface area (Å²) in [5.41, 5.74) is 12.6. The second-order valence-corrected chi connectivity index (χ2v) is 9.16. The lowest BCUT2D eigenvalue weighted by Gasteiger charge is -2.16. The number of phenols is 1. The molecule has 3 aromatic rings. The van der Waals surface area contributed by atoms with Gasteiger partial charge in [0.05, 0.1) is 19.0 Å². The van der Waals surface area contributed by atoms with E-state index in [4.69, 9.17) is 20.4 Å². The van der Waals surface area contributed by atoms with Gasteiger partial charge in [0.15, 0.2) is 17.7 Å². The number of hydrogen-bond acceptors (Lipinski definition) is 13. The summed E-state index contributed by atoms with van der Waals surface area (Å²) in [7, 11) is -4.61. The number of aliphatic hydroxyl groups excluding tert-OH is 2. The normalized spacial score (nSPS) is 23.4. The van der Waals surface area contributed by atoms with E-state index >= 15 is 0 Å². The lowest BCUT2D eigenvalue weighted by Crippen LogP contribution is -2.45. The summed E-state index contributed by atoms with van der Waals surface area (Å²) in [4.78, 5) is 24.1. The Morgan fingerprint density at radius 2 is 1.91 bits per heavy atom. The Labute approximate surface area is 198 Å². The number of aromatic hydroxyl groups is 1. The number of carbonyl (C=O) groups excluding carboxylic acids is 1. The Kier molecular flexibility index (Phi) is 6.84. The number of hydrogen-bond donors (Lipinski definition) is 6. The Bertz CT molecular complexity index is 1320. The van der Waals surface area contributed by atoms with Crippen LogP contribution in [0.15, 0.2) is 36.9 Å². The number of carbonyl (C=O) groups is 1. The molecule has 0 bridgehead atoms. The number of anilines is 1. The van der Waals surface area contributed by atoms with Gasteiger partial charge in [0, 0.05) is 0 Å². The fourth-order valence-corrected chi connectivity index (χ4v) is 4.29. The molecule has 35 heavy (non-hydrogen) atoms. The third kappa shape index (κ3) is 5.31. The lowest BCUT2D eigenvalue weighted by molar-refractivity contribution is -0.120. The topological polar surface area (TPSA) is 238 Å². The predicted molar refractivity (Wildman–Crippen MR) is 118 cm³/mol. The van der Waals surface area contributed by atoms with Crippen LogP contribution in [0, 0.1) is 0 Å². The molecule has 1 aliphatic heterocycles. The molecule has 1 fully saturated rings. The highest BCUT2D eigenvalue weighted by Gasteiger charge is 2.45. The van der Waals surface area contributed by atoms with Crippen LogP contribution in [0.25, 0.3) is 11.2 Å². The van der Waals surface area contributed by atoms with Gasteiger partial charge >= 0.3 is 10.3 Å². The second kappa shape index (κ2) is 9.68. The molecule has 8 N–H and O–H groups in total. The van der Waals surface area contributed by atoms with Crippen LogP contribution in [0.3, 0.4) is 0 Å². The number of nitrogen functional groups attached to an aromatic ring is 1. The summed E-state index contributed by atoms with van der Waals surface area (Å²) < 4.78 is 37.8. The number of ether oxygens (including phenoxy) is 1. The van der Waals surface area contributed by atoms with Crippen LogP contribution < -0.4 is 16.2 Å². The molecule has 3 heterocycles. The van der Waals surface area contributed by atoms with Crippen molar-refractivity contribution in [2.45, 2.75) is 37.0 Å². The van der Waals surface area contributed by atoms with Crippen LogP contribution in [-0.2, 0) is 30.4 Å². The number of phenolic OH excluding ortho intramolecular Hbond substituents is 1. The Morgan fingerprint density at radius 3 is 2.63 bits per heavy atom. The first-order chi connectivity index (χ1) is 16.6. The zero-order chi connectivity index (χ0) is 25.3. The van der Waals surface area contributed by atoms with Crippen molar-refractivity contribution in [3.8, 4) is 5.75 Å². The molecule has 16 heteroatoms. The summed E-state index contributed by atoms with van der Waals surface area (Å²) in [6.45, 7) is -0.714. The lowest BCUT2D eigenvalue weighted by atomic mass is 10.1. The molecule has 1 saturated heterocycles. The minimum Gasteiger partial charge on any atom is -0.508 e. The molecule has 15 nitrogen and oxygen atoms in total. The van der Waals surface area contributed by atoms with Gasteiger partial charge in [-0.1, -0.05) is 12.1 Å². The van der Waals surface area contributed by atoms with Crippen molar-refractivity contribution in [3.05, 3.63) is 42.5 Å². The molecular weight excluding hydrogens is 486 g/mol. The smallest absolute Gasteiger partial charge is 0.362 e. The molecule has 4 rings (SSSR count). The standard InChI is InChI=1S/C19H23N7O8S/c20-11(5-9-1-3-10(27)4-2-9)18(30)25-35(31,32)33-6-12-14(28)15(29)19(34-12)26-8-24-13-16(21)22-7-23-17(13)26/h1-4,7-8,11-12,14-15,19,27-29H,5-6,20H2,(H,25,30)(H2,21,22,23)/t11-,12-,14-,15+,19+/m0/s1. The first kappa shape index (κ1) is 24.7. The highest BCUT2D eigenvalue weighted by molar-refractivity contribution is 7.85. The summed E-state index contributed by atoms with van der Waals surface area (Å²) in [6, 6.07) is 4.67. The summed E-state index contributed by atoms with van der Waals surface area (Å²) in [5.74, 6) is -0.886. The van der Waals surface area contributed by atoms with Gasteiger partial charge in [-0.25, -0.2) is 19.7 Å². The second-order valence-electron chi connectivity index (χ2n) is 7.81. The van der Waals surface area contributed by atoms with Crippen LogP contribution in [0.1, 0.15) is 11.8 Å². The van der Waals surface area contributed by atoms with Gasteiger partial charge < -0.3 is 31.5 Å². The average molecular weight is 510 g/mol. The molecule has 188 valence electrons. The van der Waals surface area contributed by atoms with Crippen LogP contribution in [-0.4, -0.2) is 80.1 Å². The number of aromatic nitrogens is 4. The molecule has 5 atom stereocenters. The monoisotopic (exact) mass is 509 g/mol. The average Bonchev–Trinajstić information content (AvgIpc) is 3.36. The number of nitrogens with two attached hydrogens (primary N) is 2. The van der Waals surface area contributed by atoms with Gasteiger partial charge in [0.2, 0.25) is 0 Å². The number of nitrogens with zero attached hydrogens (tertiary/aromatic N) is 4. The minimum atomic E-state index is -4.61. The zero-order valence-corrected chi connectivity index (χ0v) is 18.8. The molecule has 0 radical (unpaired) electrons.